The molecule has 0 amide bonds. The summed E-state index contributed by atoms with van der Waals surface area (Å²) in [6.07, 6.45) is 0.0274. The second kappa shape index (κ2) is 6.35. The maximum atomic E-state index is 11.6. The first-order chi connectivity index (χ1) is 13.0. The third-order valence-corrected chi connectivity index (χ3v) is 4.46. The molecular formula is C18H18N6O3. The van der Waals surface area contributed by atoms with Crippen LogP contribution in [0.5, 0.6) is 5.75 Å². The van der Waals surface area contributed by atoms with E-state index < -0.39 is 0 Å². The van der Waals surface area contributed by atoms with Gasteiger partial charge in [0, 0.05) is 7.05 Å². The SMILES string of the molecule is COC(=O)Cc1nn(C)c2c1nnc1c(-c3ccc(OC)cc3)c(C)nn12. The molecule has 9 heteroatoms. The molecule has 0 N–H and O–H groups in total. The minimum atomic E-state index is -0.382. The molecule has 0 atom stereocenters. The van der Waals surface area contributed by atoms with Crippen molar-refractivity contribution in [1.82, 2.24) is 29.6 Å². The molecule has 0 radical (unpaired) electrons. The monoisotopic (exact) mass is 366 g/mol. The van der Waals surface area contributed by atoms with Crippen LogP contribution in [0.4, 0.5) is 0 Å². The van der Waals surface area contributed by atoms with Crippen molar-refractivity contribution >= 4 is 22.8 Å². The number of nitrogens with zero attached hydrogens (tertiary/aromatic N) is 6. The second-order valence-electron chi connectivity index (χ2n) is 6.12. The van der Waals surface area contributed by atoms with E-state index in [4.69, 9.17) is 9.47 Å². The Morgan fingerprint density at radius 1 is 1.11 bits per heavy atom. The molecule has 0 aliphatic heterocycles. The minimum absolute atomic E-state index is 0.0274. The summed E-state index contributed by atoms with van der Waals surface area (Å²) in [4.78, 5) is 11.6. The molecule has 4 aromatic rings. The summed E-state index contributed by atoms with van der Waals surface area (Å²) in [6.45, 7) is 1.92. The van der Waals surface area contributed by atoms with Crippen molar-refractivity contribution in [2.75, 3.05) is 14.2 Å². The summed E-state index contributed by atoms with van der Waals surface area (Å²) < 4.78 is 13.3. The number of ether oxygens (including phenoxy) is 2. The molecule has 0 unspecified atom stereocenters. The van der Waals surface area contributed by atoms with Gasteiger partial charge in [-0.15, -0.1) is 10.2 Å². The van der Waals surface area contributed by atoms with Crippen molar-refractivity contribution in [3.63, 3.8) is 0 Å². The van der Waals surface area contributed by atoms with E-state index in [1.807, 2.05) is 31.2 Å². The highest BCUT2D eigenvalue weighted by atomic mass is 16.5. The van der Waals surface area contributed by atoms with Crippen LogP contribution in [0.2, 0.25) is 0 Å². The van der Waals surface area contributed by atoms with Crippen LogP contribution in [0, 0.1) is 6.92 Å². The van der Waals surface area contributed by atoms with Gasteiger partial charge >= 0.3 is 5.97 Å². The van der Waals surface area contributed by atoms with Crippen LogP contribution in [-0.4, -0.2) is 49.8 Å². The maximum Gasteiger partial charge on any atom is 0.311 e. The standard InChI is InChI=1S/C18H18N6O3/c1-10-15(11-5-7-12(26-3)8-6-11)17-20-19-16-13(9-14(25)27-4)22-23(2)18(16)24(17)21-10/h5-8H,9H2,1-4H3. The lowest BCUT2D eigenvalue weighted by Gasteiger charge is -2.03. The Balaban J connectivity index is 1.92. The van der Waals surface area contributed by atoms with E-state index >= 15 is 0 Å². The molecule has 3 aromatic heterocycles. The number of hydrogen-bond acceptors (Lipinski definition) is 7. The van der Waals surface area contributed by atoms with Crippen LogP contribution in [0.15, 0.2) is 24.3 Å². The molecule has 138 valence electrons. The number of aromatic nitrogens is 6. The summed E-state index contributed by atoms with van der Waals surface area (Å²) >= 11 is 0. The van der Waals surface area contributed by atoms with Crippen molar-refractivity contribution < 1.29 is 14.3 Å². The van der Waals surface area contributed by atoms with E-state index in [2.05, 4.69) is 20.4 Å². The van der Waals surface area contributed by atoms with Gasteiger partial charge in [-0.2, -0.15) is 14.7 Å². The van der Waals surface area contributed by atoms with Crippen molar-refractivity contribution in [3.05, 3.63) is 35.7 Å². The molecule has 0 aliphatic carbocycles. The average molecular weight is 366 g/mol. The molecular weight excluding hydrogens is 348 g/mol. The molecule has 0 aliphatic rings. The molecule has 0 saturated heterocycles. The number of benzene rings is 1. The summed E-state index contributed by atoms with van der Waals surface area (Å²) in [6, 6.07) is 7.70. The van der Waals surface area contributed by atoms with Crippen LogP contribution in [0.1, 0.15) is 11.4 Å². The smallest absolute Gasteiger partial charge is 0.311 e. The van der Waals surface area contributed by atoms with Gasteiger partial charge in [0.05, 0.1) is 31.9 Å². The van der Waals surface area contributed by atoms with Crippen molar-refractivity contribution in [1.29, 1.82) is 0 Å². The average Bonchev–Trinajstić information content (AvgIpc) is 3.17. The Kier molecular flexibility index (Phi) is 3.98. The largest absolute Gasteiger partial charge is 0.497 e. The highest BCUT2D eigenvalue weighted by Gasteiger charge is 2.21. The van der Waals surface area contributed by atoms with Crippen LogP contribution in [0.3, 0.4) is 0 Å². The minimum Gasteiger partial charge on any atom is -0.497 e. The zero-order valence-corrected chi connectivity index (χ0v) is 15.4. The number of rotatable bonds is 4. The van der Waals surface area contributed by atoms with Gasteiger partial charge in [0.25, 0.3) is 0 Å². The molecule has 0 bridgehead atoms. The molecule has 1 aromatic carbocycles. The van der Waals surface area contributed by atoms with Crippen molar-refractivity contribution in [2.24, 2.45) is 7.05 Å². The predicted molar refractivity (Wildman–Crippen MR) is 97.5 cm³/mol. The Hall–Kier alpha value is -3.49. The Bertz CT molecular complexity index is 1160. The van der Waals surface area contributed by atoms with Gasteiger partial charge in [-0.25, -0.2) is 4.68 Å². The lowest BCUT2D eigenvalue weighted by Crippen LogP contribution is -2.06. The predicted octanol–water partition coefficient (Wildman–Crippen LogP) is 1.71. The number of esters is 1. The molecule has 9 nitrogen and oxygen atoms in total. The van der Waals surface area contributed by atoms with E-state index in [9.17, 15) is 4.79 Å². The molecule has 0 fully saturated rings. The number of carbonyl (C=O) groups is 1. The fraction of sp³-hybridized carbons (Fsp3) is 0.278. The van der Waals surface area contributed by atoms with Gasteiger partial charge < -0.3 is 9.47 Å². The lowest BCUT2D eigenvalue weighted by atomic mass is 10.1. The Labute approximate surface area is 154 Å². The number of methoxy groups -OCH3 is 2. The van der Waals surface area contributed by atoms with Gasteiger partial charge in [-0.1, -0.05) is 12.1 Å². The van der Waals surface area contributed by atoms with E-state index in [0.717, 1.165) is 22.6 Å². The van der Waals surface area contributed by atoms with Gasteiger partial charge in [-0.3, -0.25) is 4.79 Å². The highest BCUT2D eigenvalue weighted by molar-refractivity contribution is 5.86. The summed E-state index contributed by atoms with van der Waals surface area (Å²) in [7, 11) is 4.76. The fourth-order valence-corrected chi connectivity index (χ4v) is 3.17. The topological polar surface area (TPSA) is 96.4 Å². The van der Waals surface area contributed by atoms with Crippen LogP contribution in [-0.2, 0) is 23.0 Å². The van der Waals surface area contributed by atoms with Gasteiger partial charge in [0.15, 0.2) is 16.8 Å². The first kappa shape index (κ1) is 17.0. The molecule has 3 heterocycles. The molecule has 0 saturated carbocycles. The zero-order chi connectivity index (χ0) is 19.1. The highest BCUT2D eigenvalue weighted by Crippen LogP contribution is 2.30. The number of carbonyl (C=O) groups excluding carboxylic acids is 1. The van der Waals surface area contributed by atoms with Gasteiger partial charge in [-0.05, 0) is 24.6 Å². The van der Waals surface area contributed by atoms with Crippen LogP contribution >= 0.6 is 0 Å². The molecule has 4 rings (SSSR count). The number of fused-ring (bicyclic) bond motifs is 3. The second-order valence-corrected chi connectivity index (χ2v) is 6.12. The summed E-state index contributed by atoms with van der Waals surface area (Å²) in [5.74, 6) is 0.396. The third-order valence-electron chi connectivity index (χ3n) is 4.46. The van der Waals surface area contributed by atoms with Gasteiger partial charge in [0.2, 0.25) is 0 Å². The van der Waals surface area contributed by atoms with Crippen molar-refractivity contribution in [2.45, 2.75) is 13.3 Å². The summed E-state index contributed by atoms with van der Waals surface area (Å²) in [5, 5.41) is 17.7. The Morgan fingerprint density at radius 2 is 1.85 bits per heavy atom. The third kappa shape index (κ3) is 2.67. The van der Waals surface area contributed by atoms with Crippen LogP contribution in [0.25, 0.3) is 27.9 Å². The van der Waals surface area contributed by atoms with E-state index in [1.54, 1.807) is 23.4 Å². The normalized spacial score (nSPS) is 11.3. The Morgan fingerprint density at radius 3 is 2.52 bits per heavy atom. The number of aryl methyl sites for hydroxylation is 2. The number of hydrogen-bond donors (Lipinski definition) is 0. The maximum absolute atomic E-state index is 11.6. The zero-order valence-electron chi connectivity index (χ0n) is 15.4. The van der Waals surface area contributed by atoms with Gasteiger partial charge in [0.1, 0.15) is 11.4 Å². The van der Waals surface area contributed by atoms with E-state index in [0.29, 0.717) is 22.5 Å². The van der Waals surface area contributed by atoms with Crippen LogP contribution < -0.4 is 4.74 Å². The fourth-order valence-electron chi connectivity index (χ4n) is 3.17. The van der Waals surface area contributed by atoms with Crippen molar-refractivity contribution in [3.8, 4) is 16.9 Å². The first-order valence-electron chi connectivity index (χ1n) is 8.32. The quantitative estimate of drug-likeness (QED) is 0.507. The van der Waals surface area contributed by atoms with E-state index in [-0.39, 0.29) is 12.4 Å². The first-order valence-corrected chi connectivity index (χ1v) is 8.32. The lowest BCUT2D eigenvalue weighted by molar-refractivity contribution is -0.139. The van der Waals surface area contributed by atoms with E-state index in [1.165, 1.54) is 7.11 Å². The molecule has 27 heavy (non-hydrogen) atoms. The molecule has 0 spiro atoms. The summed E-state index contributed by atoms with van der Waals surface area (Å²) in [5.41, 5.74) is 5.00.